The Bertz CT molecular complexity index is 840. The van der Waals surface area contributed by atoms with Crippen LogP contribution in [0.4, 0.5) is 5.82 Å². The molecule has 5 rings (SSSR count). The third-order valence-corrected chi connectivity index (χ3v) is 6.64. The molecule has 2 unspecified atom stereocenters. The number of fused-ring (bicyclic) bond motifs is 1. The molecule has 2 aromatic rings. The Balaban J connectivity index is 1.27. The second-order valence-corrected chi connectivity index (χ2v) is 8.37. The minimum absolute atomic E-state index is 0.119. The van der Waals surface area contributed by atoms with E-state index in [9.17, 15) is 4.79 Å². The van der Waals surface area contributed by atoms with Crippen molar-refractivity contribution in [1.82, 2.24) is 25.1 Å². The zero-order chi connectivity index (χ0) is 18.5. The van der Waals surface area contributed by atoms with Crippen molar-refractivity contribution < 1.29 is 4.79 Å². The van der Waals surface area contributed by atoms with Crippen molar-refractivity contribution in [3.63, 3.8) is 0 Å². The van der Waals surface area contributed by atoms with E-state index in [0.717, 1.165) is 48.9 Å². The van der Waals surface area contributed by atoms with Crippen LogP contribution >= 0.6 is 0 Å². The molecule has 3 fully saturated rings. The SMILES string of the molecule is Cc1n[nH]c(C)c1C(=O)N1CC2CN(c3cc(C4CCC4)ncn3)CC2C1. The molecule has 2 aromatic heterocycles. The zero-order valence-corrected chi connectivity index (χ0v) is 16.0. The highest BCUT2D eigenvalue weighted by atomic mass is 16.2. The normalized spacial score (nSPS) is 25.0. The number of likely N-dealkylation sites (tertiary alicyclic amines) is 1. The molecule has 27 heavy (non-hydrogen) atoms. The van der Waals surface area contributed by atoms with Crippen molar-refractivity contribution >= 4 is 11.7 Å². The van der Waals surface area contributed by atoms with Crippen LogP contribution in [-0.4, -0.2) is 57.2 Å². The summed E-state index contributed by atoms with van der Waals surface area (Å²) in [7, 11) is 0. The van der Waals surface area contributed by atoms with Crippen molar-refractivity contribution in [2.45, 2.75) is 39.0 Å². The molecule has 1 amide bonds. The van der Waals surface area contributed by atoms with E-state index >= 15 is 0 Å². The highest BCUT2D eigenvalue weighted by Crippen LogP contribution is 2.38. The number of hydrogen-bond donors (Lipinski definition) is 1. The summed E-state index contributed by atoms with van der Waals surface area (Å²) in [6.07, 6.45) is 5.55. The number of carbonyl (C=O) groups excluding carboxylic acids is 1. The van der Waals surface area contributed by atoms with Crippen LogP contribution in [-0.2, 0) is 0 Å². The fourth-order valence-corrected chi connectivity index (χ4v) is 4.83. The predicted octanol–water partition coefficient (Wildman–Crippen LogP) is 2.29. The van der Waals surface area contributed by atoms with Crippen LogP contribution in [0.5, 0.6) is 0 Å². The van der Waals surface area contributed by atoms with Gasteiger partial charge in [-0.25, -0.2) is 9.97 Å². The maximum absolute atomic E-state index is 12.9. The van der Waals surface area contributed by atoms with E-state index in [4.69, 9.17) is 0 Å². The average molecular weight is 366 g/mol. The maximum Gasteiger partial charge on any atom is 0.257 e. The lowest BCUT2D eigenvalue weighted by molar-refractivity contribution is 0.0781. The molecule has 0 radical (unpaired) electrons. The van der Waals surface area contributed by atoms with Crippen LogP contribution in [0.25, 0.3) is 0 Å². The van der Waals surface area contributed by atoms with Crippen LogP contribution in [0, 0.1) is 25.7 Å². The molecule has 4 heterocycles. The lowest BCUT2D eigenvalue weighted by atomic mass is 9.83. The van der Waals surface area contributed by atoms with Crippen molar-refractivity contribution in [2.75, 3.05) is 31.1 Å². The first-order valence-electron chi connectivity index (χ1n) is 9.98. The molecule has 0 bridgehead atoms. The summed E-state index contributed by atoms with van der Waals surface area (Å²) in [5.41, 5.74) is 3.60. The monoisotopic (exact) mass is 366 g/mol. The third kappa shape index (κ3) is 2.80. The quantitative estimate of drug-likeness (QED) is 0.902. The standard InChI is InChI=1S/C20H26N6O/c1-12-19(13(2)24-23-12)20(27)26-9-15-7-25(8-16(15)10-26)18-6-17(21-11-22-18)14-4-3-5-14/h6,11,14-16H,3-5,7-10H2,1-2H3,(H,23,24). The van der Waals surface area contributed by atoms with Crippen LogP contribution in [0.1, 0.15) is 52.6 Å². The van der Waals surface area contributed by atoms with E-state index in [1.54, 1.807) is 6.33 Å². The van der Waals surface area contributed by atoms with E-state index < -0.39 is 0 Å². The van der Waals surface area contributed by atoms with Gasteiger partial charge in [-0.05, 0) is 26.7 Å². The number of carbonyl (C=O) groups is 1. The van der Waals surface area contributed by atoms with Gasteiger partial charge in [0.15, 0.2) is 0 Å². The molecule has 2 saturated heterocycles. The molecule has 2 aliphatic heterocycles. The molecule has 142 valence electrons. The first-order chi connectivity index (χ1) is 13.1. The van der Waals surface area contributed by atoms with Crippen molar-refractivity contribution in [1.29, 1.82) is 0 Å². The molecule has 7 nitrogen and oxygen atoms in total. The average Bonchev–Trinajstić information content (AvgIpc) is 3.26. The van der Waals surface area contributed by atoms with Crippen molar-refractivity contribution in [3.8, 4) is 0 Å². The van der Waals surface area contributed by atoms with Gasteiger partial charge in [0.1, 0.15) is 12.1 Å². The van der Waals surface area contributed by atoms with Crippen LogP contribution in [0.3, 0.4) is 0 Å². The Labute approximate surface area is 159 Å². The summed E-state index contributed by atoms with van der Waals surface area (Å²) < 4.78 is 0. The highest BCUT2D eigenvalue weighted by Gasteiger charge is 2.42. The van der Waals surface area contributed by atoms with E-state index in [-0.39, 0.29) is 5.91 Å². The molecule has 2 atom stereocenters. The number of nitrogens with zero attached hydrogens (tertiary/aromatic N) is 5. The minimum Gasteiger partial charge on any atom is -0.356 e. The largest absolute Gasteiger partial charge is 0.356 e. The van der Waals surface area contributed by atoms with Crippen LogP contribution in [0.2, 0.25) is 0 Å². The molecular formula is C20H26N6O. The third-order valence-electron chi connectivity index (χ3n) is 6.64. The second kappa shape index (κ2) is 6.32. The number of aromatic amines is 1. The van der Waals surface area contributed by atoms with Gasteiger partial charge in [-0.2, -0.15) is 5.10 Å². The summed E-state index contributed by atoms with van der Waals surface area (Å²) >= 11 is 0. The topological polar surface area (TPSA) is 78.0 Å². The molecule has 7 heteroatoms. The first kappa shape index (κ1) is 16.7. The van der Waals surface area contributed by atoms with Gasteiger partial charge in [0.2, 0.25) is 0 Å². The van der Waals surface area contributed by atoms with Crippen molar-refractivity contribution in [3.05, 3.63) is 35.0 Å². The van der Waals surface area contributed by atoms with Gasteiger partial charge >= 0.3 is 0 Å². The number of H-pyrrole nitrogens is 1. The van der Waals surface area contributed by atoms with Gasteiger partial charge in [-0.3, -0.25) is 9.89 Å². The Kier molecular flexibility index (Phi) is 3.91. The molecule has 3 aliphatic rings. The van der Waals surface area contributed by atoms with E-state index in [2.05, 4.69) is 31.1 Å². The molecule has 0 aromatic carbocycles. The molecule has 1 saturated carbocycles. The zero-order valence-electron chi connectivity index (χ0n) is 16.0. The molecule has 1 N–H and O–H groups in total. The van der Waals surface area contributed by atoms with E-state index in [0.29, 0.717) is 17.8 Å². The smallest absolute Gasteiger partial charge is 0.257 e. The van der Waals surface area contributed by atoms with Gasteiger partial charge in [0, 0.05) is 61.4 Å². The molecule has 1 aliphatic carbocycles. The van der Waals surface area contributed by atoms with Gasteiger partial charge in [-0.15, -0.1) is 0 Å². The summed E-state index contributed by atoms with van der Waals surface area (Å²) in [6, 6.07) is 2.19. The molecule has 0 spiro atoms. The number of rotatable bonds is 3. The Morgan fingerprint density at radius 1 is 1.11 bits per heavy atom. The predicted molar refractivity (Wildman–Crippen MR) is 102 cm³/mol. The fraction of sp³-hybridized carbons (Fsp3) is 0.600. The lowest BCUT2D eigenvalue weighted by Gasteiger charge is -2.26. The van der Waals surface area contributed by atoms with Crippen LogP contribution < -0.4 is 4.90 Å². The Morgan fingerprint density at radius 2 is 1.85 bits per heavy atom. The Morgan fingerprint density at radius 3 is 2.44 bits per heavy atom. The van der Waals surface area contributed by atoms with Gasteiger partial charge in [-0.1, -0.05) is 6.42 Å². The number of amides is 1. The summed E-state index contributed by atoms with van der Waals surface area (Å²) in [5.74, 6) is 2.84. The second-order valence-electron chi connectivity index (χ2n) is 8.37. The van der Waals surface area contributed by atoms with Crippen LogP contribution in [0.15, 0.2) is 12.4 Å². The number of anilines is 1. The summed E-state index contributed by atoms with van der Waals surface area (Å²) in [5, 5.41) is 7.10. The van der Waals surface area contributed by atoms with Gasteiger partial charge < -0.3 is 9.80 Å². The first-order valence-corrected chi connectivity index (χ1v) is 9.98. The highest BCUT2D eigenvalue weighted by molar-refractivity contribution is 5.96. The summed E-state index contributed by atoms with van der Waals surface area (Å²) in [4.78, 5) is 26.3. The summed E-state index contributed by atoms with van der Waals surface area (Å²) in [6.45, 7) is 7.40. The lowest BCUT2D eigenvalue weighted by Crippen LogP contribution is -2.34. The molecular weight excluding hydrogens is 340 g/mol. The van der Waals surface area contributed by atoms with Gasteiger partial charge in [0.05, 0.1) is 11.3 Å². The van der Waals surface area contributed by atoms with E-state index in [1.807, 2.05) is 18.7 Å². The number of aryl methyl sites for hydroxylation is 2. The van der Waals surface area contributed by atoms with Crippen molar-refractivity contribution in [2.24, 2.45) is 11.8 Å². The minimum atomic E-state index is 0.119. The maximum atomic E-state index is 12.9. The fourth-order valence-electron chi connectivity index (χ4n) is 4.83. The number of hydrogen-bond acceptors (Lipinski definition) is 5. The number of aromatic nitrogens is 4. The number of nitrogens with one attached hydrogen (secondary N) is 1. The van der Waals surface area contributed by atoms with E-state index in [1.165, 1.54) is 25.0 Å². The Hall–Kier alpha value is -2.44. The van der Waals surface area contributed by atoms with Gasteiger partial charge in [0.25, 0.3) is 5.91 Å².